The van der Waals surface area contributed by atoms with Gasteiger partial charge in [-0.2, -0.15) is 0 Å². The van der Waals surface area contributed by atoms with Crippen molar-refractivity contribution in [3.05, 3.63) is 0 Å². The second-order valence-electron chi connectivity index (χ2n) is 0. The van der Waals surface area contributed by atoms with Crippen molar-refractivity contribution in [2.75, 3.05) is 0 Å². The van der Waals surface area contributed by atoms with E-state index in [2.05, 4.69) is 0 Å². The molecule has 0 aromatic carbocycles. The first-order valence-corrected chi connectivity index (χ1v) is 0. The van der Waals surface area contributed by atoms with Crippen LogP contribution >= 0.6 is 0 Å². The standard InChI is InChI=1S/2Bi.Mo.6H2O/h;;;6*1H2/q2*+3;;;;;;;/p-6. The Morgan fingerprint density at radius 2 is 0.333 bits per heavy atom. The Morgan fingerprint density at radius 1 is 0.333 bits per heavy atom. The van der Waals surface area contributed by atoms with Gasteiger partial charge in [-0.1, -0.05) is 0 Å². The Balaban J connectivity index is 0. The molecule has 0 amide bonds. The molecule has 0 rings (SSSR count). The Hall–Kier alpha value is 2.21. The normalized spacial score (nSPS) is 0. The molecule has 0 saturated carbocycles. The van der Waals surface area contributed by atoms with E-state index in [1.165, 1.54) is 0 Å². The Morgan fingerprint density at radius 3 is 0.333 bits per heavy atom. The van der Waals surface area contributed by atoms with E-state index < -0.39 is 0 Å². The molecule has 0 aliphatic heterocycles. The fourth-order valence-electron chi connectivity index (χ4n) is 0. The van der Waals surface area contributed by atoms with Crippen molar-refractivity contribution in [1.82, 2.24) is 0 Å². The van der Waals surface area contributed by atoms with Gasteiger partial charge in [-0.15, -0.1) is 0 Å². The zero-order valence-electron chi connectivity index (χ0n) is 3.99. The Bertz CT molecular complexity index is 11.0. The zero-order chi connectivity index (χ0) is 0. The molecule has 6 nitrogen and oxygen atoms in total. The van der Waals surface area contributed by atoms with Gasteiger partial charge >= 0.3 is 52.4 Å². The molecule has 9 heteroatoms. The van der Waals surface area contributed by atoms with E-state index in [0.29, 0.717) is 0 Å². The van der Waals surface area contributed by atoms with E-state index >= 15 is 0 Å². The molecule has 0 aromatic heterocycles. The fourth-order valence-corrected chi connectivity index (χ4v) is 0. The van der Waals surface area contributed by atoms with Gasteiger partial charge in [0.1, 0.15) is 0 Å². The zero-order valence-corrected chi connectivity index (χ0v) is 12.9. The van der Waals surface area contributed by atoms with Crippen LogP contribution in [0, 0.1) is 0 Å². The van der Waals surface area contributed by atoms with Crippen molar-refractivity contribution in [2.24, 2.45) is 0 Å². The molecular weight excluding hydrogens is 610 g/mol. The largest absolute Gasteiger partial charge is 3.00 e. The molecule has 6 N–H and O–H groups in total. The summed E-state index contributed by atoms with van der Waals surface area (Å²) in [7, 11) is 0. The molecule has 0 heterocycles. The van der Waals surface area contributed by atoms with E-state index in [1.807, 2.05) is 0 Å². The van der Waals surface area contributed by atoms with Gasteiger partial charge in [0.25, 0.3) is 0 Å². The summed E-state index contributed by atoms with van der Waals surface area (Å²) in [4.78, 5) is 0. The van der Waals surface area contributed by atoms with Crippen LogP contribution in [0.1, 0.15) is 0 Å². The van der Waals surface area contributed by atoms with Gasteiger partial charge in [-0.3, -0.25) is 0 Å². The quantitative estimate of drug-likeness (QED) is 0.289. The van der Waals surface area contributed by atoms with Crippen molar-refractivity contribution in [2.45, 2.75) is 0 Å². The van der Waals surface area contributed by atoms with Crippen molar-refractivity contribution < 1.29 is 53.9 Å². The van der Waals surface area contributed by atoms with Gasteiger partial charge in [0.2, 0.25) is 0 Å². The Labute approximate surface area is 105 Å². The van der Waals surface area contributed by atoms with Crippen molar-refractivity contribution >= 4 is 52.4 Å². The van der Waals surface area contributed by atoms with E-state index in [1.54, 1.807) is 0 Å². The molecule has 0 saturated heterocycles. The fraction of sp³-hybridized carbons (Fsp3) is 0. The first-order valence-electron chi connectivity index (χ1n) is 0. The monoisotopic (exact) mass is 618 g/mol. The number of rotatable bonds is 0. The van der Waals surface area contributed by atoms with Crippen LogP contribution in [-0.4, -0.2) is 85.3 Å². The van der Waals surface area contributed by atoms with Gasteiger partial charge in [0.15, 0.2) is 0 Å². The topological polar surface area (TPSA) is 180 Å². The molecule has 9 heavy (non-hydrogen) atoms. The summed E-state index contributed by atoms with van der Waals surface area (Å²) in [5, 5.41) is 0. The van der Waals surface area contributed by atoms with E-state index in [-0.39, 0.29) is 106 Å². The van der Waals surface area contributed by atoms with Crippen molar-refractivity contribution in [1.29, 1.82) is 0 Å². The summed E-state index contributed by atoms with van der Waals surface area (Å²) < 4.78 is 0. The molecule has 58 valence electrons. The Kier molecular flexibility index (Phi) is 4690. The van der Waals surface area contributed by atoms with Crippen LogP contribution in [0.2, 0.25) is 0 Å². The maximum atomic E-state index is 0. The summed E-state index contributed by atoms with van der Waals surface area (Å²) in [5.74, 6) is 0. The van der Waals surface area contributed by atoms with Crippen LogP contribution in [-0.2, 0) is 21.1 Å². The summed E-state index contributed by atoms with van der Waals surface area (Å²) in [5.41, 5.74) is 0. The van der Waals surface area contributed by atoms with Gasteiger partial charge in [0, 0.05) is 21.1 Å². The predicted molar refractivity (Wildman–Crippen MR) is 23.1 cm³/mol. The van der Waals surface area contributed by atoms with Gasteiger partial charge in [0.05, 0.1) is 0 Å². The molecule has 0 bridgehead atoms. The first kappa shape index (κ1) is 239. The molecule has 0 aliphatic carbocycles. The number of hydrogen-bond acceptors (Lipinski definition) is 6. The average molecular weight is 616 g/mol. The molecule has 0 unspecified atom stereocenters. The van der Waals surface area contributed by atoms with Gasteiger partial charge in [-0.05, 0) is 0 Å². The van der Waals surface area contributed by atoms with Crippen LogP contribution in [0.25, 0.3) is 0 Å². The van der Waals surface area contributed by atoms with Gasteiger partial charge in [-0.25, -0.2) is 0 Å². The summed E-state index contributed by atoms with van der Waals surface area (Å²) >= 11 is 0. The summed E-state index contributed by atoms with van der Waals surface area (Å²) in [6.07, 6.45) is 0. The SMILES string of the molecule is [Bi+3].[Bi+3].[Mo].[OH-].[OH-].[OH-].[OH-].[OH-].[OH-]. The minimum Gasteiger partial charge on any atom is -0.870 e. The molecule has 0 aliphatic rings. The molecule has 0 atom stereocenters. The van der Waals surface area contributed by atoms with Gasteiger partial charge < -0.3 is 32.9 Å². The number of hydrogen-bond donors (Lipinski definition) is 0. The van der Waals surface area contributed by atoms with E-state index in [9.17, 15) is 0 Å². The molecule has 0 fully saturated rings. The second-order valence-corrected chi connectivity index (χ2v) is 0. The van der Waals surface area contributed by atoms with Crippen LogP contribution in [0.4, 0.5) is 0 Å². The summed E-state index contributed by atoms with van der Waals surface area (Å²) in [6, 6.07) is 0. The van der Waals surface area contributed by atoms with Crippen LogP contribution in [0.15, 0.2) is 0 Å². The third kappa shape index (κ3) is 141. The van der Waals surface area contributed by atoms with Crippen molar-refractivity contribution in [3.8, 4) is 0 Å². The van der Waals surface area contributed by atoms with Crippen LogP contribution < -0.4 is 0 Å². The molecule has 0 spiro atoms. The third-order valence-electron chi connectivity index (χ3n) is 0. The second kappa shape index (κ2) is 177. The predicted octanol–water partition coefficient (Wildman–Crippen LogP) is -1.82. The summed E-state index contributed by atoms with van der Waals surface area (Å²) in [6.45, 7) is 0. The first-order chi connectivity index (χ1) is 0. The van der Waals surface area contributed by atoms with Crippen molar-refractivity contribution in [3.63, 3.8) is 0 Å². The van der Waals surface area contributed by atoms with Crippen LogP contribution in [0.5, 0.6) is 0 Å². The minimum absolute atomic E-state index is 0. The molecular formula is H6Bi2MoO6. The third-order valence-corrected chi connectivity index (χ3v) is 0. The smallest absolute Gasteiger partial charge is 0.870 e. The maximum Gasteiger partial charge on any atom is 3.00 e. The molecule has 0 aromatic rings. The average Bonchev–Trinajstić information content (AvgIpc) is 0. The van der Waals surface area contributed by atoms with Crippen LogP contribution in [0.3, 0.4) is 0 Å². The minimum atomic E-state index is 0. The van der Waals surface area contributed by atoms with E-state index in [0.717, 1.165) is 0 Å². The molecule has 4 radical (unpaired) electrons. The van der Waals surface area contributed by atoms with E-state index in [4.69, 9.17) is 0 Å². The maximum absolute atomic E-state index is 0.